The number of nitro benzene ring substituents is 1. The Hall–Kier alpha value is -4.27. The summed E-state index contributed by atoms with van der Waals surface area (Å²) in [6.07, 6.45) is 0. The number of hydrogen-bond acceptors (Lipinski definition) is 7. The molecule has 32 heavy (non-hydrogen) atoms. The standard InChI is InChI=1S/C23H17N3O6/c1-3-32-21(28)17-11(2)24-19-13-6-4-5-7-14(13)20(27)18(19)23(17)15-10-12(26(30)31)8-9-16(15)25-22(23)29/h4-10,24H,3H2,1-2H3,(H,25,29). The van der Waals surface area contributed by atoms with Gasteiger partial charge in [0.2, 0.25) is 5.91 Å². The Kier molecular flexibility index (Phi) is 4.07. The molecule has 0 saturated heterocycles. The Labute approximate surface area is 181 Å². The fourth-order valence-electron chi connectivity index (χ4n) is 4.84. The second-order valence-electron chi connectivity index (χ2n) is 7.66. The van der Waals surface area contributed by atoms with Crippen molar-refractivity contribution in [2.75, 3.05) is 11.9 Å². The summed E-state index contributed by atoms with van der Waals surface area (Å²) < 4.78 is 5.26. The topological polar surface area (TPSA) is 128 Å². The summed E-state index contributed by atoms with van der Waals surface area (Å²) in [6, 6.07) is 10.8. The third-order valence-electron chi connectivity index (χ3n) is 6.04. The van der Waals surface area contributed by atoms with Crippen LogP contribution >= 0.6 is 0 Å². The molecule has 1 atom stereocenters. The molecule has 0 aromatic heterocycles. The molecule has 9 heteroatoms. The van der Waals surface area contributed by atoms with Gasteiger partial charge in [0.1, 0.15) is 5.41 Å². The summed E-state index contributed by atoms with van der Waals surface area (Å²) in [5.41, 5.74) is 0.0572. The van der Waals surface area contributed by atoms with E-state index in [9.17, 15) is 24.5 Å². The molecular formula is C23H17N3O6. The number of fused-ring (bicyclic) bond motifs is 5. The van der Waals surface area contributed by atoms with Gasteiger partial charge < -0.3 is 15.4 Å². The molecule has 5 rings (SSSR count). The van der Waals surface area contributed by atoms with Crippen molar-refractivity contribution >= 4 is 34.7 Å². The molecular weight excluding hydrogens is 414 g/mol. The van der Waals surface area contributed by atoms with Gasteiger partial charge in [0, 0.05) is 45.8 Å². The average molecular weight is 431 g/mol. The number of hydrogen-bond donors (Lipinski definition) is 2. The molecule has 9 nitrogen and oxygen atoms in total. The van der Waals surface area contributed by atoms with Crippen molar-refractivity contribution in [1.29, 1.82) is 0 Å². The van der Waals surface area contributed by atoms with Gasteiger partial charge in [-0.25, -0.2) is 4.79 Å². The number of nitrogens with zero attached hydrogens (tertiary/aromatic N) is 1. The quantitative estimate of drug-likeness (QED) is 0.434. The van der Waals surface area contributed by atoms with E-state index in [2.05, 4.69) is 10.6 Å². The molecule has 1 spiro atoms. The third-order valence-corrected chi connectivity index (χ3v) is 6.04. The van der Waals surface area contributed by atoms with Crippen LogP contribution < -0.4 is 10.6 Å². The van der Waals surface area contributed by atoms with Crippen LogP contribution in [-0.4, -0.2) is 29.2 Å². The number of carbonyl (C=O) groups excluding carboxylic acids is 3. The minimum atomic E-state index is -1.88. The number of benzene rings is 2. The van der Waals surface area contributed by atoms with Gasteiger partial charge in [-0.3, -0.25) is 19.7 Å². The number of dihydropyridines is 1. The zero-order chi connectivity index (χ0) is 22.8. The van der Waals surface area contributed by atoms with E-state index in [0.29, 0.717) is 28.2 Å². The molecule has 2 aromatic carbocycles. The van der Waals surface area contributed by atoms with E-state index in [0.717, 1.165) is 0 Å². The summed E-state index contributed by atoms with van der Waals surface area (Å²) in [5, 5.41) is 17.3. The van der Waals surface area contributed by atoms with Crippen molar-refractivity contribution < 1.29 is 24.0 Å². The van der Waals surface area contributed by atoms with Crippen molar-refractivity contribution in [2.24, 2.45) is 0 Å². The summed E-state index contributed by atoms with van der Waals surface area (Å²) in [7, 11) is 0. The van der Waals surface area contributed by atoms with E-state index < -0.39 is 28.0 Å². The maximum absolute atomic E-state index is 13.7. The van der Waals surface area contributed by atoms with Crippen LogP contribution in [-0.2, 0) is 19.7 Å². The van der Waals surface area contributed by atoms with Crippen molar-refractivity contribution in [3.05, 3.63) is 86.1 Å². The van der Waals surface area contributed by atoms with E-state index in [1.807, 2.05) is 0 Å². The van der Waals surface area contributed by atoms with Crippen molar-refractivity contribution in [3.63, 3.8) is 0 Å². The molecule has 160 valence electrons. The van der Waals surface area contributed by atoms with Crippen LogP contribution in [0.3, 0.4) is 0 Å². The van der Waals surface area contributed by atoms with E-state index >= 15 is 0 Å². The predicted molar refractivity (Wildman–Crippen MR) is 114 cm³/mol. The lowest BCUT2D eigenvalue weighted by molar-refractivity contribution is -0.384. The first-order valence-electron chi connectivity index (χ1n) is 9.97. The van der Waals surface area contributed by atoms with E-state index in [4.69, 9.17) is 4.74 Å². The number of anilines is 1. The number of ketones is 1. The Morgan fingerprint density at radius 2 is 1.84 bits per heavy atom. The average Bonchev–Trinajstić information content (AvgIpc) is 3.20. The van der Waals surface area contributed by atoms with Crippen molar-refractivity contribution in [3.8, 4) is 0 Å². The first kappa shape index (κ1) is 19.7. The normalized spacial score (nSPS) is 20.6. The maximum Gasteiger partial charge on any atom is 0.337 e. The number of ether oxygens (including phenoxy) is 1. The summed E-state index contributed by atoms with van der Waals surface area (Å²) in [4.78, 5) is 51.3. The van der Waals surface area contributed by atoms with E-state index in [1.165, 1.54) is 18.2 Å². The molecule has 3 aliphatic rings. The van der Waals surface area contributed by atoms with Crippen molar-refractivity contribution in [2.45, 2.75) is 19.3 Å². The molecule has 2 N–H and O–H groups in total. The van der Waals surface area contributed by atoms with Crippen LogP contribution in [0.2, 0.25) is 0 Å². The summed E-state index contributed by atoms with van der Waals surface area (Å²) in [6.45, 7) is 3.30. The molecule has 0 fully saturated rings. The number of esters is 1. The number of nitro groups is 1. The van der Waals surface area contributed by atoms with Gasteiger partial charge in [-0.1, -0.05) is 24.3 Å². The molecule has 1 unspecified atom stereocenters. The lowest BCUT2D eigenvalue weighted by Gasteiger charge is -2.36. The Morgan fingerprint density at radius 1 is 1.12 bits per heavy atom. The van der Waals surface area contributed by atoms with Gasteiger partial charge in [-0.05, 0) is 19.9 Å². The van der Waals surface area contributed by atoms with Crippen LogP contribution in [0, 0.1) is 10.1 Å². The van der Waals surface area contributed by atoms with Gasteiger partial charge in [0.15, 0.2) is 5.78 Å². The van der Waals surface area contributed by atoms with Gasteiger partial charge in [-0.15, -0.1) is 0 Å². The SMILES string of the molecule is CCOC(=O)C1=C(C)NC2=C(C(=O)c3ccccc32)C12C(=O)Nc1ccc([N+](=O)[O-])cc12. The number of amides is 1. The number of non-ortho nitro benzene ring substituents is 1. The lowest BCUT2D eigenvalue weighted by atomic mass is 9.66. The van der Waals surface area contributed by atoms with Gasteiger partial charge in [0.25, 0.3) is 5.69 Å². The lowest BCUT2D eigenvalue weighted by Crippen LogP contribution is -2.48. The molecule has 0 radical (unpaired) electrons. The fraction of sp³-hybridized carbons (Fsp3) is 0.174. The van der Waals surface area contributed by atoms with Crippen LogP contribution in [0.1, 0.15) is 35.3 Å². The molecule has 2 heterocycles. The Bertz CT molecular complexity index is 1340. The highest BCUT2D eigenvalue weighted by Gasteiger charge is 2.62. The van der Waals surface area contributed by atoms with E-state index in [-0.39, 0.29) is 29.0 Å². The number of Topliss-reactive ketones (excluding diaryl/α,β-unsaturated/α-hetero) is 1. The second kappa shape index (κ2) is 6.61. The first-order valence-corrected chi connectivity index (χ1v) is 9.97. The monoisotopic (exact) mass is 431 g/mol. The van der Waals surface area contributed by atoms with Crippen LogP contribution in [0.15, 0.2) is 59.3 Å². The Morgan fingerprint density at radius 3 is 2.53 bits per heavy atom. The summed E-state index contributed by atoms with van der Waals surface area (Å²) in [5.74, 6) is -1.83. The molecule has 0 bridgehead atoms. The smallest absolute Gasteiger partial charge is 0.337 e. The van der Waals surface area contributed by atoms with Crippen LogP contribution in [0.25, 0.3) is 5.70 Å². The highest BCUT2D eigenvalue weighted by Crippen LogP contribution is 2.56. The zero-order valence-electron chi connectivity index (χ0n) is 17.1. The number of allylic oxidation sites excluding steroid dienone is 1. The minimum Gasteiger partial charge on any atom is -0.463 e. The van der Waals surface area contributed by atoms with Gasteiger partial charge >= 0.3 is 5.97 Å². The summed E-state index contributed by atoms with van der Waals surface area (Å²) >= 11 is 0. The van der Waals surface area contributed by atoms with Crippen molar-refractivity contribution in [1.82, 2.24) is 5.32 Å². The molecule has 1 aliphatic carbocycles. The molecule has 2 aliphatic heterocycles. The maximum atomic E-state index is 13.7. The Balaban J connectivity index is 1.89. The van der Waals surface area contributed by atoms with Crippen LogP contribution in [0.5, 0.6) is 0 Å². The highest BCUT2D eigenvalue weighted by atomic mass is 16.6. The van der Waals surface area contributed by atoms with Gasteiger partial charge in [0.05, 0.1) is 22.8 Å². The molecule has 0 saturated carbocycles. The molecule has 2 aromatic rings. The van der Waals surface area contributed by atoms with Crippen LogP contribution in [0.4, 0.5) is 11.4 Å². The first-order chi connectivity index (χ1) is 15.3. The largest absolute Gasteiger partial charge is 0.463 e. The van der Waals surface area contributed by atoms with E-state index in [1.54, 1.807) is 38.1 Å². The third kappa shape index (κ3) is 2.30. The van der Waals surface area contributed by atoms with Gasteiger partial charge in [-0.2, -0.15) is 0 Å². The molecule has 1 amide bonds. The fourth-order valence-corrected chi connectivity index (χ4v) is 4.84. The number of carbonyl (C=O) groups is 3. The minimum absolute atomic E-state index is 0.0508. The second-order valence-corrected chi connectivity index (χ2v) is 7.66. The zero-order valence-corrected chi connectivity index (χ0v) is 17.1. The predicted octanol–water partition coefficient (Wildman–Crippen LogP) is 2.83. The number of rotatable bonds is 3. The highest BCUT2D eigenvalue weighted by molar-refractivity contribution is 6.31. The number of nitrogens with one attached hydrogen (secondary N) is 2.